The molecular formula is C24H26N2O4. The van der Waals surface area contributed by atoms with Gasteiger partial charge in [0, 0.05) is 18.5 Å². The lowest BCUT2D eigenvalue weighted by Gasteiger charge is -2.12. The predicted octanol–water partition coefficient (Wildman–Crippen LogP) is 4.20. The Morgan fingerprint density at radius 1 is 1.23 bits per heavy atom. The van der Waals surface area contributed by atoms with Gasteiger partial charge in [-0.15, -0.1) is 0 Å². The monoisotopic (exact) mass is 406 g/mol. The molecule has 4 rings (SSSR count). The molecule has 30 heavy (non-hydrogen) atoms. The highest BCUT2D eigenvalue weighted by Gasteiger charge is 2.19. The van der Waals surface area contributed by atoms with Crippen LogP contribution in [0.5, 0.6) is 5.75 Å². The van der Waals surface area contributed by atoms with Gasteiger partial charge >= 0.3 is 0 Å². The molecule has 1 aliphatic rings. The van der Waals surface area contributed by atoms with E-state index in [0.29, 0.717) is 23.4 Å². The van der Waals surface area contributed by atoms with Crippen molar-refractivity contribution >= 4 is 22.6 Å². The van der Waals surface area contributed by atoms with Crippen molar-refractivity contribution < 1.29 is 18.7 Å². The molecule has 2 heterocycles. The second-order valence-corrected chi connectivity index (χ2v) is 7.59. The summed E-state index contributed by atoms with van der Waals surface area (Å²) in [6.07, 6.45) is 2.05. The fourth-order valence-electron chi connectivity index (χ4n) is 3.59. The highest BCUT2D eigenvalue weighted by molar-refractivity contribution is 5.97. The van der Waals surface area contributed by atoms with Gasteiger partial charge in [-0.3, -0.25) is 4.79 Å². The van der Waals surface area contributed by atoms with Gasteiger partial charge in [0.25, 0.3) is 5.91 Å². The van der Waals surface area contributed by atoms with Gasteiger partial charge in [-0.1, -0.05) is 24.3 Å². The van der Waals surface area contributed by atoms with Crippen molar-refractivity contribution in [3.05, 3.63) is 64.7 Å². The molecule has 1 saturated heterocycles. The lowest BCUT2D eigenvalue weighted by atomic mass is 10.1. The van der Waals surface area contributed by atoms with Crippen molar-refractivity contribution in [1.29, 1.82) is 0 Å². The van der Waals surface area contributed by atoms with Crippen LogP contribution in [0.15, 0.2) is 51.9 Å². The number of nitrogens with zero attached hydrogens (tertiary/aromatic N) is 1. The van der Waals surface area contributed by atoms with E-state index in [1.165, 1.54) is 0 Å². The fourth-order valence-corrected chi connectivity index (χ4v) is 3.59. The van der Waals surface area contributed by atoms with E-state index >= 15 is 0 Å². The van der Waals surface area contributed by atoms with Crippen molar-refractivity contribution in [2.75, 3.05) is 20.3 Å². The van der Waals surface area contributed by atoms with Crippen molar-refractivity contribution in [3.63, 3.8) is 0 Å². The quantitative estimate of drug-likeness (QED) is 0.689. The van der Waals surface area contributed by atoms with E-state index in [2.05, 4.69) is 5.32 Å². The zero-order valence-corrected chi connectivity index (χ0v) is 17.5. The number of ether oxygens (including phenoxy) is 2. The van der Waals surface area contributed by atoms with Crippen LogP contribution < -0.4 is 15.6 Å². The number of methoxy groups -OCH3 is 1. The average Bonchev–Trinajstić information content (AvgIpc) is 3.27. The summed E-state index contributed by atoms with van der Waals surface area (Å²) in [4.78, 5) is 17.8. The summed E-state index contributed by atoms with van der Waals surface area (Å²) >= 11 is 0. The molecule has 0 bridgehead atoms. The summed E-state index contributed by atoms with van der Waals surface area (Å²) < 4.78 is 17.2. The number of amides is 1. The summed E-state index contributed by atoms with van der Waals surface area (Å²) in [5.41, 5.74) is 4.05. The van der Waals surface area contributed by atoms with Crippen molar-refractivity contribution in [2.45, 2.75) is 32.8 Å². The molecule has 6 heteroatoms. The molecule has 0 radical (unpaired) electrons. The van der Waals surface area contributed by atoms with Gasteiger partial charge in [0.1, 0.15) is 5.56 Å². The van der Waals surface area contributed by atoms with Crippen LogP contribution >= 0.6 is 0 Å². The van der Waals surface area contributed by atoms with Crippen LogP contribution in [0.1, 0.15) is 34.3 Å². The molecule has 1 amide bonds. The number of fused-ring (bicyclic) bond motifs is 1. The first-order valence-corrected chi connectivity index (χ1v) is 10.2. The molecule has 3 aromatic rings. The standard InChI is InChI=1S/C24H26N2O4/c1-15-9-10-16(2)20(12-15)26-24-19(23(27)25-14-18-7-5-11-29-18)13-17-6-4-8-21(28-3)22(17)30-24/h4,6,8-10,12-13,18H,5,7,11,14H2,1-3H3,(H,25,27)/t18-/m0/s1. The van der Waals surface area contributed by atoms with Gasteiger partial charge in [-0.05, 0) is 56.0 Å². The zero-order valence-electron chi connectivity index (χ0n) is 17.5. The Balaban J connectivity index is 1.82. The first-order valence-electron chi connectivity index (χ1n) is 10.2. The summed E-state index contributed by atoms with van der Waals surface area (Å²) in [5, 5.41) is 3.75. The van der Waals surface area contributed by atoms with Crippen LogP contribution in [0.2, 0.25) is 0 Å². The maximum absolute atomic E-state index is 13.0. The SMILES string of the molecule is COc1cccc2cc(C(=O)NC[C@@H]3CCCO3)c(=Nc3cc(C)ccc3C)oc12. The molecule has 0 aliphatic carbocycles. The maximum Gasteiger partial charge on any atom is 0.256 e. The van der Waals surface area contributed by atoms with E-state index in [1.54, 1.807) is 13.2 Å². The maximum atomic E-state index is 13.0. The first-order chi connectivity index (χ1) is 14.5. The smallest absolute Gasteiger partial charge is 0.256 e. The van der Waals surface area contributed by atoms with Gasteiger partial charge in [0.05, 0.1) is 18.9 Å². The van der Waals surface area contributed by atoms with Crippen LogP contribution in [-0.2, 0) is 4.74 Å². The molecule has 1 fully saturated rings. The number of para-hydroxylation sites is 1. The molecular weight excluding hydrogens is 380 g/mol. The average molecular weight is 406 g/mol. The van der Waals surface area contributed by atoms with E-state index < -0.39 is 0 Å². The third-order valence-corrected chi connectivity index (χ3v) is 5.30. The minimum absolute atomic E-state index is 0.0610. The number of nitrogens with one attached hydrogen (secondary N) is 1. The minimum Gasteiger partial charge on any atom is -0.493 e. The van der Waals surface area contributed by atoms with Gasteiger partial charge in [0.15, 0.2) is 11.3 Å². The van der Waals surface area contributed by atoms with Crippen molar-refractivity contribution in [1.82, 2.24) is 5.32 Å². The number of carbonyl (C=O) groups excluding carboxylic acids is 1. The van der Waals surface area contributed by atoms with E-state index in [-0.39, 0.29) is 17.6 Å². The molecule has 0 spiro atoms. The normalized spacial score (nSPS) is 16.8. The van der Waals surface area contributed by atoms with E-state index in [0.717, 1.165) is 41.6 Å². The van der Waals surface area contributed by atoms with Crippen LogP contribution in [0, 0.1) is 13.8 Å². The summed E-state index contributed by atoms with van der Waals surface area (Å²) in [5.74, 6) is 0.360. The fraction of sp³-hybridized carbons (Fsp3) is 0.333. The molecule has 1 atom stereocenters. The molecule has 2 aromatic carbocycles. The topological polar surface area (TPSA) is 73.1 Å². The molecule has 0 saturated carbocycles. The van der Waals surface area contributed by atoms with E-state index in [4.69, 9.17) is 18.9 Å². The summed E-state index contributed by atoms with van der Waals surface area (Å²) in [7, 11) is 1.59. The summed E-state index contributed by atoms with van der Waals surface area (Å²) in [6, 6.07) is 13.4. The predicted molar refractivity (Wildman–Crippen MR) is 115 cm³/mol. The first kappa shape index (κ1) is 20.2. The third-order valence-electron chi connectivity index (χ3n) is 5.30. The number of hydrogen-bond donors (Lipinski definition) is 1. The third kappa shape index (κ3) is 4.24. The van der Waals surface area contributed by atoms with Crippen LogP contribution in [0.4, 0.5) is 5.69 Å². The summed E-state index contributed by atoms with van der Waals surface area (Å²) in [6.45, 7) is 5.21. The van der Waals surface area contributed by atoms with Gasteiger partial charge in [0.2, 0.25) is 5.55 Å². The van der Waals surface area contributed by atoms with Gasteiger partial charge in [-0.2, -0.15) is 0 Å². The van der Waals surface area contributed by atoms with Crippen LogP contribution in [0.25, 0.3) is 11.0 Å². The van der Waals surface area contributed by atoms with E-state index in [1.807, 2.05) is 50.2 Å². The van der Waals surface area contributed by atoms with Crippen molar-refractivity contribution in [3.8, 4) is 5.75 Å². The van der Waals surface area contributed by atoms with Gasteiger partial charge < -0.3 is 19.2 Å². The Labute approximate surface area is 175 Å². The Bertz CT molecular complexity index is 1140. The molecule has 6 nitrogen and oxygen atoms in total. The molecule has 1 aliphatic heterocycles. The lowest BCUT2D eigenvalue weighted by molar-refractivity contribution is 0.0854. The number of aryl methyl sites for hydroxylation is 2. The van der Waals surface area contributed by atoms with E-state index in [9.17, 15) is 4.79 Å². The highest BCUT2D eigenvalue weighted by Crippen LogP contribution is 2.25. The van der Waals surface area contributed by atoms with Gasteiger partial charge in [-0.25, -0.2) is 4.99 Å². The van der Waals surface area contributed by atoms with Crippen LogP contribution in [-0.4, -0.2) is 32.3 Å². The second-order valence-electron chi connectivity index (χ2n) is 7.59. The molecule has 156 valence electrons. The largest absolute Gasteiger partial charge is 0.493 e. The Hall–Kier alpha value is -3.12. The lowest BCUT2D eigenvalue weighted by Crippen LogP contribution is -2.34. The number of benzene rings is 2. The zero-order chi connectivity index (χ0) is 21.1. The highest BCUT2D eigenvalue weighted by atomic mass is 16.5. The Morgan fingerprint density at radius 2 is 2.10 bits per heavy atom. The van der Waals surface area contributed by atoms with Crippen LogP contribution in [0.3, 0.4) is 0 Å². The number of hydrogen-bond acceptors (Lipinski definition) is 5. The molecule has 1 N–H and O–H groups in total. The second kappa shape index (κ2) is 8.71. The number of carbonyl (C=O) groups is 1. The Kier molecular flexibility index (Phi) is 5.86. The number of rotatable bonds is 5. The Morgan fingerprint density at radius 3 is 2.87 bits per heavy atom. The van der Waals surface area contributed by atoms with Crippen molar-refractivity contribution in [2.24, 2.45) is 4.99 Å². The molecule has 1 aromatic heterocycles. The minimum atomic E-state index is -0.233. The molecule has 0 unspecified atom stereocenters.